The molecule has 0 aromatic heterocycles. The van der Waals surface area contributed by atoms with Crippen molar-refractivity contribution in [2.45, 2.75) is 52.4 Å². The van der Waals surface area contributed by atoms with Crippen LogP contribution in [0.15, 0.2) is 12.2 Å². The van der Waals surface area contributed by atoms with Gasteiger partial charge >= 0.3 is 0 Å². The van der Waals surface area contributed by atoms with Gasteiger partial charge in [0, 0.05) is 4.43 Å². The molecule has 3 atom stereocenters. The molecule has 0 aromatic rings. The van der Waals surface area contributed by atoms with Crippen LogP contribution in [0.5, 0.6) is 0 Å². The van der Waals surface area contributed by atoms with Crippen molar-refractivity contribution in [3.8, 4) is 0 Å². The quantitative estimate of drug-likeness (QED) is 0.369. The number of allylic oxidation sites excluding steroid dienone is 1. The highest BCUT2D eigenvalue weighted by atomic mass is 127. The van der Waals surface area contributed by atoms with Crippen LogP contribution in [0, 0.1) is 23.2 Å². The smallest absolute Gasteiger partial charge is 0.00320 e. The van der Waals surface area contributed by atoms with Gasteiger partial charge in [-0.25, -0.2) is 0 Å². The largest absolute Gasteiger partial charge is 0.0993 e. The summed E-state index contributed by atoms with van der Waals surface area (Å²) in [7, 11) is 0. The summed E-state index contributed by atoms with van der Waals surface area (Å²) in [4.78, 5) is 0. The molecule has 0 amide bonds. The van der Waals surface area contributed by atoms with Crippen molar-refractivity contribution in [2.75, 3.05) is 4.43 Å². The van der Waals surface area contributed by atoms with Gasteiger partial charge in [0.25, 0.3) is 0 Å². The van der Waals surface area contributed by atoms with Gasteiger partial charge in [-0.1, -0.05) is 55.0 Å². The topological polar surface area (TPSA) is 0 Å². The maximum atomic E-state index is 4.44. The van der Waals surface area contributed by atoms with Crippen LogP contribution in [0.4, 0.5) is 0 Å². The van der Waals surface area contributed by atoms with E-state index in [0.717, 1.165) is 17.8 Å². The fourth-order valence-electron chi connectivity index (χ4n) is 4.00. The van der Waals surface area contributed by atoms with Gasteiger partial charge in [-0.15, -0.1) is 0 Å². The van der Waals surface area contributed by atoms with E-state index in [4.69, 9.17) is 0 Å². The zero-order valence-corrected chi connectivity index (χ0v) is 12.9. The van der Waals surface area contributed by atoms with Crippen molar-refractivity contribution in [2.24, 2.45) is 23.2 Å². The van der Waals surface area contributed by atoms with E-state index in [0.29, 0.717) is 5.41 Å². The zero-order chi connectivity index (χ0) is 11.8. The Morgan fingerprint density at radius 2 is 2.19 bits per heavy atom. The summed E-state index contributed by atoms with van der Waals surface area (Å²) in [6.45, 7) is 9.24. The minimum absolute atomic E-state index is 0.550. The minimum atomic E-state index is 0.550. The van der Waals surface area contributed by atoms with E-state index in [1.54, 1.807) is 5.57 Å². The highest BCUT2D eigenvalue weighted by Crippen LogP contribution is 2.57. The van der Waals surface area contributed by atoms with Crippen molar-refractivity contribution < 1.29 is 0 Å². The summed E-state index contributed by atoms with van der Waals surface area (Å²) in [6, 6.07) is 0. The lowest BCUT2D eigenvalue weighted by Crippen LogP contribution is -2.36. The standard InChI is InChI=1S/C15H25I/c1-11(2)13-7-6-12(3)15(9-13)8-4-5-14(15)10-16/h11,13-14H,3-10H2,1-2H3/t13-,14-,15+/m0/s1. The van der Waals surface area contributed by atoms with Gasteiger partial charge in [0.1, 0.15) is 0 Å². The van der Waals surface area contributed by atoms with Gasteiger partial charge in [-0.05, 0) is 55.3 Å². The maximum Gasteiger partial charge on any atom is 0.00320 e. The van der Waals surface area contributed by atoms with E-state index in [2.05, 4.69) is 43.0 Å². The first-order chi connectivity index (χ1) is 7.60. The minimum Gasteiger partial charge on any atom is -0.0993 e. The Bertz CT molecular complexity index is 269. The number of hydrogen-bond acceptors (Lipinski definition) is 0. The van der Waals surface area contributed by atoms with Gasteiger partial charge in [-0.3, -0.25) is 0 Å². The third kappa shape index (κ3) is 2.09. The third-order valence-electron chi connectivity index (χ3n) is 5.23. The first kappa shape index (κ1) is 12.9. The van der Waals surface area contributed by atoms with Crippen molar-refractivity contribution in [1.29, 1.82) is 0 Å². The summed E-state index contributed by atoms with van der Waals surface area (Å²) < 4.78 is 1.33. The van der Waals surface area contributed by atoms with Gasteiger partial charge in [-0.2, -0.15) is 0 Å². The van der Waals surface area contributed by atoms with Crippen LogP contribution in [-0.2, 0) is 0 Å². The summed E-state index contributed by atoms with van der Waals surface area (Å²) in [5.41, 5.74) is 2.15. The van der Waals surface area contributed by atoms with E-state index in [1.807, 2.05) is 0 Å². The third-order valence-corrected chi connectivity index (χ3v) is 6.30. The average Bonchev–Trinajstić information content (AvgIpc) is 2.66. The molecule has 0 aliphatic heterocycles. The van der Waals surface area contributed by atoms with E-state index < -0.39 is 0 Å². The molecular weight excluding hydrogens is 307 g/mol. The molecule has 2 fully saturated rings. The Balaban J connectivity index is 2.19. The lowest BCUT2D eigenvalue weighted by molar-refractivity contribution is 0.140. The SMILES string of the molecule is C=C1CC[C@H](C(C)C)C[C@]12CCC[C@H]2CI. The van der Waals surface area contributed by atoms with Crippen LogP contribution in [0.1, 0.15) is 52.4 Å². The Hall–Kier alpha value is 0.470. The van der Waals surface area contributed by atoms with Gasteiger partial charge in [0.2, 0.25) is 0 Å². The molecule has 92 valence electrons. The summed E-state index contributed by atoms with van der Waals surface area (Å²) in [5.74, 6) is 2.75. The lowest BCUT2D eigenvalue weighted by atomic mass is 9.60. The Morgan fingerprint density at radius 3 is 2.81 bits per heavy atom. The summed E-state index contributed by atoms with van der Waals surface area (Å²) in [6.07, 6.45) is 8.46. The van der Waals surface area contributed by atoms with E-state index in [1.165, 1.54) is 43.0 Å². The molecule has 0 heterocycles. The van der Waals surface area contributed by atoms with Crippen LogP contribution in [0.2, 0.25) is 0 Å². The average molecular weight is 332 g/mol. The normalized spacial score (nSPS) is 39.9. The molecule has 0 bridgehead atoms. The number of halogens is 1. The molecule has 2 saturated carbocycles. The fraction of sp³-hybridized carbons (Fsp3) is 0.867. The first-order valence-corrected chi connectivity index (χ1v) is 8.37. The molecule has 1 heteroatoms. The molecule has 2 aliphatic rings. The molecule has 0 saturated heterocycles. The molecule has 2 rings (SSSR count). The highest BCUT2D eigenvalue weighted by molar-refractivity contribution is 14.1. The molecule has 0 unspecified atom stereocenters. The fourth-order valence-corrected chi connectivity index (χ4v) is 5.28. The van der Waals surface area contributed by atoms with Crippen molar-refractivity contribution in [1.82, 2.24) is 0 Å². The van der Waals surface area contributed by atoms with Crippen LogP contribution in [0.3, 0.4) is 0 Å². The zero-order valence-electron chi connectivity index (χ0n) is 10.8. The van der Waals surface area contributed by atoms with Crippen LogP contribution in [-0.4, -0.2) is 4.43 Å². The monoisotopic (exact) mass is 332 g/mol. The van der Waals surface area contributed by atoms with Crippen molar-refractivity contribution in [3.05, 3.63) is 12.2 Å². The number of alkyl halides is 1. The molecule has 2 aliphatic carbocycles. The second kappa shape index (κ2) is 4.99. The predicted octanol–water partition coefficient (Wildman–Crippen LogP) is 5.22. The second-order valence-electron chi connectivity index (χ2n) is 6.25. The predicted molar refractivity (Wildman–Crippen MR) is 80.0 cm³/mol. The summed E-state index contributed by atoms with van der Waals surface area (Å²) >= 11 is 2.60. The number of rotatable bonds is 2. The van der Waals surface area contributed by atoms with E-state index in [-0.39, 0.29) is 0 Å². The van der Waals surface area contributed by atoms with Gasteiger partial charge in [0.05, 0.1) is 0 Å². The Morgan fingerprint density at radius 1 is 1.44 bits per heavy atom. The molecule has 0 radical (unpaired) electrons. The lowest BCUT2D eigenvalue weighted by Gasteiger charge is -2.45. The molecule has 0 nitrogen and oxygen atoms in total. The van der Waals surface area contributed by atoms with E-state index in [9.17, 15) is 0 Å². The van der Waals surface area contributed by atoms with Crippen molar-refractivity contribution in [3.63, 3.8) is 0 Å². The van der Waals surface area contributed by atoms with Crippen LogP contribution < -0.4 is 0 Å². The van der Waals surface area contributed by atoms with Crippen molar-refractivity contribution >= 4 is 22.6 Å². The number of hydrogen-bond donors (Lipinski definition) is 0. The van der Waals surface area contributed by atoms with Gasteiger partial charge in [0.15, 0.2) is 0 Å². The van der Waals surface area contributed by atoms with Crippen LogP contribution in [0.25, 0.3) is 0 Å². The first-order valence-electron chi connectivity index (χ1n) is 6.84. The molecule has 16 heavy (non-hydrogen) atoms. The Kier molecular flexibility index (Phi) is 4.03. The van der Waals surface area contributed by atoms with E-state index >= 15 is 0 Å². The maximum absolute atomic E-state index is 4.44. The molecule has 0 aromatic carbocycles. The van der Waals surface area contributed by atoms with Crippen LogP contribution >= 0.6 is 22.6 Å². The van der Waals surface area contributed by atoms with Gasteiger partial charge < -0.3 is 0 Å². The molecular formula is C15H25I. The molecule has 0 N–H and O–H groups in total. The summed E-state index contributed by atoms with van der Waals surface area (Å²) in [5, 5.41) is 0. The molecule has 1 spiro atoms. The highest BCUT2D eigenvalue weighted by Gasteiger charge is 2.47. The second-order valence-corrected chi connectivity index (χ2v) is 7.13. The Labute approximate surface area is 114 Å².